The third-order valence-corrected chi connectivity index (χ3v) is 3.55. The van der Waals surface area contributed by atoms with Crippen molar-refractivity contribution in [1.82, 2.24) is 4.98 Å². The molecule has 22 heavy (non-hydrogen) atoms. The summed E-state index contributed by atoms with van der Waals surface area (Å²) >= 11 is 0.971. The van der Waals surface area contributed by atoms with Crippen molar-refractivity contribution >= 4 is 39.0 Å². The summed E-state index contributed by atoms with van der Waals surface area (Å²) in [6.45, 7) is 3.53. The van der Waals surface area contributed by atoms with Crippen LogP contribution < -0.4 is 10.6 Å². The molecule has 0 spiro atoms. The van der Waals surface area contributed by atoms with Crippen molar-refractivity contribution in [2.45, 2.75) is 13.8 Å². The van der Waals surface area contributed by atoms with Crippen LogP contribution in [0.15, 0.2) is 35.6 Å². The van der Waals surface area contributed by atoms with Gasteiger partial charge in [0.2, 0.25) is 5.91 Å². The molecule has 0 aliphatic heterocycles. The van der Waals surface area contributed by atoms with Gasteiger partial charge in [-0.15, -0.1) is 4.91 Å². The van der Waals surface area contributed by atoms with Crippen LogP contribution in [0, 0.1) is 10.8 Å². The van der Waals surface area contributed by atoms with Gasteiger partial charge in [0, 0.05) is 5.92 Å². The minimum atomic E-state index is -0.425. The number of hydrogen-bond donors (Lipinski definition) is 2. The maximum absolute atomic E-state index is 12.3. The number of rotatable bonds is 5. The Morgan fingerprint density at radius 2 is 1.95 bits per heavy atom. The normalized spacial score (nSPS) is 10.3. The van der Waals surface area contributed by atoms with Crippen molar-refractivity contribution in [3.05, 3.63) is 40.9 Å². The number of carbonyl (C=O) groups excluding carboxylic acids is 2. The number of anilines is 2. The van der Waals surface area contributed by atoms with Crippen molar-refractivity contribution in [1.29, 1.82) is 0 Å². The molecule has 8 heteroatoms. The summed E-state index contributed by atoms with van der Waals surface area (Å²) in [5.41, 5.74) is 0.733. The van der Waals surface area contributed by atoms with Crippen LogP contribution >= 0.6 is 11.3 Å². The molecule has 7 nitrogen and oxygen atoms in total. The summed E-state index contributed by atoms with van der Waals surface area (Å²) in [5.74, 6) is -0.801. The van der Waals surface area contributed by atoms with E-state index in [1.165, 1.54) is 6.20 Å². The minimum absolute atomic E-state index is 0.177. The number of aromatic nitrogens is 1. The van der Waals surface area contributed by atoms with Crippen LogP contribution in [0.1, 0.15) is 24.2 Å². The van der Waals surface area contributed by atoms with Crippen LogP contribution in [0.5, 0.6) is 0 Å². The lowest BCUT2D eigenvalue weighted by atomic mass is 10.1. The summed E-state index contributed by atoms with van der Waals surface area (Å²) < 4.78 is 0. The third-order valence-electron chi connectivity index (χ3n) is 2.76. The van der Waals surface area contributed by atoms with Gasteiger partial charge in [-0.3, -0.25) is 14.9 Å². The first-order chi connectivity index (χ1) is 10.5. The highest BCUT2D eigenvalue weighted by Gasteiger charge is 2.16. The molecule has 0 atom stereocenters. The minimum Gasteiger partial charge on any atom is -0.325 e. The molecular weight excluding hydrogens is 304 g/mol. The van der Waals surface area contributed by atoms with Gasteiger partial charge in [-0.2, -0.15) is 0 Å². The summed E-state index contributed by atoms with van der Waals surface area (Å²) in [6, 6.07) is 6.66. The highest BCUT2D eigenvalue weighted by atomic mass is 32.1. The van der Waals surface area contributed by atoms with E-state index < -0.39 is 5.91 Å². The molecule has 2 amide bonds. The van der Waals surface area contributed by atoms with E-state index in [0.717, 1.165) is 11.3 Å². The number of amides is 2. The van der Waals surface area contributed by atoms with Crippen LogP contribution in [-0.2, 0) is 4.79 Å². The number of nitrogens with one attached hydrogen (secondary N) is 2. The van der Waals surface area contributed by atoms with Crippen LogP contribution in [0.25, 0.3) is 0 Å². The summed E-state index contributed by atoms with van der Waals surface area (Å²) in [5, 5.41) is 8.47. The second kappa shape index (κ2) is 6.90. The lowest BCUT2D eigenvalue weighted by Gasteiger charge is -2.11. The average Bonchev–Trinajstić information content (AvgIpc) is 2.95. The number of benzene rings is 1. The van der Waals surface area contributed by atoms with E-state index in [4.69, 9.17) is 0 Å². The second-order valence-corrected chi connectivity index (χ2v) is 5.75. The Balaban J connectivity index is 2.18. The lowest BCUT2D eigenvalue weighted by Crippen LogP contribution is -2.21. The molecule has 1 heterocycles. The van der Waals surface area contributed by atoms with Crippen molar-refractivity contribution < 1.29 is 9.59 Å². The number of thiazole rings is 1. The van der Waals surface area contributed by atoms with E-state index in [9.17, 15) is 14.5 Å². The first-order valence-electron chi connectivity index (χ1n) is 6.51. The summed E-state index contributed by atoms with van der Waals surface area (Å²) in [6.07, 6.45) is 1.28. The predicted octanol–water partition coefficient (Wildman–Crippen LogP) is 3.39. The molecule has 2 aromatic rings. The lowest BCUT2D eigenvalue weighted by molar-refractivity contribution is -0.118. The molecular formula is C14H14N4O3S. The molecule has 2 rings (SSSR count). The Hall–Kier alpha value is -2.61. The number of carbonyl (C=O) groups is 2. The molecule has 0 unspecified atom stereocenters. The van der Waals surface area contributed by atoms with Crippen molar-refractivity contribution in [2.75, 3.05) is 10.6 Å². The maximum Gasteiger partial charge on any atom is 0.259 e. The Morgan fingerprint density at radius 1 is 1.23 bits per heavy atom. The standard InChI is InChI=1S/C14H14N4O3S/c1-8(2)12(19)16-10-6-4-3-5-9(10)13(20)17-14-15-7-11(18-21)22-14/h3-8H,1-2H3,(H,16,19)(H,15,17,20). The fourth-order valence-electron chi connectivity index (χ4n) is 1.60. The maximum atomic E-state index is 12.3. The van der Waals surface area contributed by atoms with Crippen LogP contribution in [0.2, 0.25) is 0 Å². The van der Waals surface area contributed by atoms with E-state index in [-0.39, 0.29) is 22.0 Å². The highest BCUT2D eigenvalue weighted by Crippen LogP contribution is 2.26. The van der Waals surface area contributed by atoms with Gasteiger partial charge in [-0.25, -0.2) is 4.98 Å². The first kappa shape index (κ1) is 15.8. The second-order valence-electron chi connectivity index (χ2n) is 4.74. The SMILES string of the molecule is CC(C)C(=O)Nc1ccccc1C(=O)Nc1ncc(N=O)s1. The Morgan fingerprint density at radius 3 is 2.59 bits per heavy atom. The number of para-hydroxylation sites is 1. The Labute approximate surface area is 130 Å². The van der Waals surface area contributed by atoms with Gasteiger partial charge >= 0.3 is 0 Å². The third kappa shape index (κ3) is 3.73. The number of hydrogen-bond acceptors (Lipinski definition) is 6. The molecule has 1 aromatic carbocycles. The van der Waals surface area contributed by atoms with Crippen LogP contribution in [0.4, 0.5) is 15.8 Å². The molecule has 114 valence electrons. The smallest absolute Gasteiger partial charge is 0.259 e. The Kier molecular flexibility index (Phi) is 4.95. The van der Waals surface area contributed by atoms with E-state index in [1.54, 1.807) is 38.1 Å². The first-order valence-corrected chi connectivity index (χ1v) is 7.33. The largest absolute Gasteiger partial charge is 0.325 e. The summed E-state index contributed by atoms with van der Waals surface area (Å²) in [7, 11) is 0. The fourth-order valence-corrected chi connectivity index (χ4v) is 2.19. The van der Waals surface area contributed by atoms with Gasteiger partial charge in [0.1, 0.15) is 0 Å². The molecule has 0 radical (unpaired) electrons. The molecule has 0 saturated carbocycles. The highest BCUT2D eigenvalue weighted by molar-refractivity contribution is 7.19. The number of nitrogens with zero attached hydrogens (tertiary/aromatic N) is 2. The van der Waals surface area contributed by atoms with E-state index in [2.05, 4.69) is 20.8 Å². The predicted molar refractivity (Wildman–Crippen MR) is 85.4 cm³/mol. The van der Waals surface area contributed by atoms with Gasteiger partial charge in [0.15, 0.2) is 10.1 Å². The molecule has 0 fully saturated rings. The van der Waals surface area contributed by atoms with Gasteiger partial charge in [0.05, 0.1) is 17.4 Å². The van der Waals surface area contributed by atoms with Crippen molar-refractivity contribution in [3.63, 3.8) is 0 Å². The topological polar surface area (TPSA) is 101 Å². The summed E-state index contributed by atoms with van der Waals surface area (Å²) in [4.78, 5) is 38.3. The van der Waals surface area contributed by atoms with Gasteiger partial charge in [-0.1, -0.05) is 37.3 Å². The zero-order valence-electron chi connectivity index (χ0n) is 12.0. The zero-order chi connectivity index (χ0) is 16.1. The van der Waals surface area contributed by atoms with Crippen molar-refractivity contribution in [3.8, 4) is 0 Å². The number of nitroso groups, excluding NO2 is 1. The van der Waals surface area contributed by atoms with Gasteiger partial charge in [-0.05, 0) is 17.3 Å². The quantitative estimate of drug-likeness (QED) is 0.825. The monoisotopic (exact) mass is 318 g/mol. The molecule has 2 N–H and O–H groups in total. The van der Waals surface area contributed by atoms with E-state index in [0.29, 0.717) is 11.3 Å². The van der Waals surface area contributed by atoms with Gasteiger partial charge < -0.3 is 5.32 Å². The molecule has 0 aliphatic carbocycles. The molecule has 1 aromatic heterocycles. The van der Waals surface area contributed by atoms with E-state index in [1.807, 2.05) is 0 Å². The van der Waals surface area contributed by atoms with Crippen LogP contribution in [0.3, 0.4) is 0 Å². The molecule has 0 bridgehead atoms. The van der Waals surface area contributed by atoms with E-state index >= 15 is 0 Å². The van der Waals surface area contributed by atoms with Crippen molar-refractivity contribution in [2.24, 2.45) is 11.1 Å². The molecule has 0 aliphatic rings. The van der Waals surface area contributed by atoms with Crippen LogP contribution in [-0.4, -0.2) is 16.8 Å². The molecule has 0 saturated heterocycles. The average molecular weight is 318 g/mol. The van der Waals surface area contributed by atoms with Gasteiger partial charge in [0.25, 0.3) is 5.91 Å². The Bertz CT molecular complexity index is 712. The fraction of sp³-hybridized carbons (Fsp3) is 0.214. The zero-order valence-corrected chi connectivity index (χ0v) is 12.8.